The Labute approximate surface area is 108 Å². The number of aliphatic hydroxyl groups is 1. The van der Waals surface area contributed by atoms with Crippen LogP contribution >= 0.6 is 0 Å². The number of alkyl halides is 2. The van der Waals surface area contributed by atoms with Crippen LogP contribution in [0.2, 0.25) is 0 Å². The third-order valence-corrected chi connectivity index (χ3v) is 4.75. The zero-order valence-electron chi connectivity index (χ0n) is 10.3. The first-order valence-corrected chi connectivity index (χ1v) is 7.56. The first kappa shape index (κ1) is 14.3. The van der Waals surface area contributed by atoms with E-state index < -0.39 is 27.2 Å². The van der Waals surface area contributed by atoms with E-state index >= 15 is 0 Å². The van der Waals surface area contributed by atoms with Gasteiger partial charge in [0.05, 0.1) is 23.5 Å². The minimum absolute atomic E-state index is 0.0373. The molecule has 1 aromatic heterocycles. The Hall–Kier alpha value is -1.09. The quantitative estimate of drug-likeness (QED) is 0.881. The van der Waals surface area contributed by atoms with Gasteiger partial charge in [-0.15, -0.1) is 0 Å². The predicted octanol–water partition coefficient (Wildman–Crippen LogP) is 0.663. The van der Waals surface area contributed by atoms with Crippen LogP contribution in [0.15, 0.2) is 4.52 Å². The summed E-state index contributed by atoms with van der Waals surface area (Å²) in [5.41, 5.74) is -1.29. The van der Waals surface area contributed by atoms with E-state index in [0.29, 0.717) is 6.92 Å². The van der Waals surface area contributed by atoms with Gasteiger partial charge >= 0.3 is 5.92 Å². The first-order valence-electron chi connectivity index (χ1n) is 5.73. The van der Waals surface area contributed by atoms with Crippen molar-refractivity contribution in [1.29, 1.82) is 0 Å². The maximum Gasteiger partial charge on any atom is 0.307 e. The molecule has 9 heteroatoms. The normalized spacial score (nSPS) is 22.3. The van der Waals surface area contributed by atoms with Crippen LogP contribution in [0, 0.1) is 0 Å². The lowest BCUT2D eigenvalue weighted by Crippen LogP contribution is -2.41. The molecule has 108 valence electrons. The van der Waals surface area contributed by atoms with Crippen molar-refractivity contribution in [3.63, 3.8) is 0 Å². The fourth-order valence-electron chi connectivity index (χ4n) is 1.88. The van der Waals surface area contributed by atoms with E-state index in [1.165, 1.54) is 0 Å². The van der Waals surface area contributed by atoms with Gasteiger partial charge in [-0.25, -0.2) is 8.42 Å². The maximum atomic E-state index is 12.9. The number of hydrogen-bond donors (Lipinski definition) is 1. The number of rotatable bonds is 3. The van der Waals surface area contributed by atoms with E-state index in [2.05, 4.69) is 14.7 Å². The van der Waals surface area contributed by atoms with Gasteiger partial charge in [0.15, 0.2) is 9.84 Å². The Morgan fingerprint density at radius 2 is 2.00 bits per heavy atom. The highest BCUT2D eigenvalue weighted by Crippen LogP contribution is 2.29. The molecule has 0 bridgehead atoms. The van der Waals surface area contributed by atoms with Crippen LogP contribution < -0.4 is 0 Å². The van der Waals surface area contributed by atoms with Gasteiger partial charge in [0.2, 0.25) is 11.7 Å². The largest absolute Gasteiger partial charge is 0.389 e. The summed E-state index contributed by atoms with van der Waals surface area (Å²) in [4.78, 5) is 3.52. The third-order valence-electron chi connectivity index (χ3n) is 3.10. The maximum absolute atomic E-state index is 12.9. The molecule has 2 rings (SSSR count). The van der Waals surface area contributed by atoms with Crippen LogP contribution in [0.25, 0.3) is 0 Å². The molecule has 1 aromatic rings. The van der Waals surface area contributed by atoms with Crippen LogP contribution in [0.4, 0.5) is 8.78 Å². The molecule has 2 heterocycles. The third kappa shape index (κ3) is 3.47. The van der Waals surface area contributed by atoms with Crippen molar-refractivity contribution in [3.05, 3.63) is 11.7 Å². The van der Waals surface area contributed by atoms with E-state index in [-0.39, 0.29) is 36.7 Å². The molecule has 1 saturated heterocycles. The topological polar surface area (TPSA) is 93.3 Å². The highest BCUT2D eigenvalue weighted by Gasteiger charge is 2.38. The molecule has 0 spiro atoms. The van der Waals surface area contributed by atoms with E-state index in [0.717, 1.165) is 0 Å². The molecule has 0 aromatic carbocycles. The van der Waals surface area contributed by atoms with Gasteiger partial charge in [-0.1, -0.05) is 5.16 Å². The number of sulfone groups is 1. The molecule has 1 aliphatic rings. The number of hydrogen-bond acceptors (Lipinski definition) is 6. The zero-order valence-corrected chi connectivity index (χ0v) is 11.1. The smallest absolute Gasteiger partial charge is 0.307 e. The SMILES string of the molecule is CC(F)(F)c1noc(CC2(O)CCS(=O)(=O)CC2)n1. The highest BCUT2D eigenvalue weighted by molar-refractivity contribution is 7.91. The number of halogens is 2. The molecule has 6 nitrogen and oxygen atoms in total. The van der Waals surface area contributed by atoms with Crippen molar-refractivity contribution in [1.82, 2.24) is 10.1 Å². The van der Waals surface area contributed by atoms with Gasteiger partial charge in [0.1, 0.15) is 0 Å². The summed E-state index contributed by atoms with van der Waals surface area (Å²) in [5, 5.41) is 13.3. The van der Waals surface area contributed by atoms with Crippen LogP contribution in [0.3, 0.4) is 0 Å². The molecule has 0 saturated carbocycles. The minimum Gasteiger partial charge on any atom is -0.389 e. The van der Waals surface area contributed by atoms with E-state index in [4.69, 9.17) is 0 Å². The molecule has 0 amide bonds. The zero-order chi connectivity index (χ0) is 14.3. The molecule has 0 unspecified atom stereocenters. The second kappa shape index (κ2) is 4.48. The number of aromatic nitrogens is 2. The molecular formula is C10H14F2N2O4S. The second-order valence-corrected chi connectivity index (χ2v) is 7.26. The lowest BCUT2D eigenvalue weighted by molar-refractivity contribution is 0.00559. The summed E-state index contributed by atoms with van der Waals surface area (Å²) in [6.45, 7) is 0.642. The Bertz CT molecular complexity index is 550. The van der Waals surface area contributed by atoms with E-state index in [1.807, 2.05) is 0 Å². The van der Waals surface area contributed by atoms with Gasteiger partial charge in [-0.3, -0.25) is 0 Å². The average Bonchev–Trinajstić information content (AvgIpc) is 2.71. The first-order chi connectivity index (χ1) is 8.60. The Morgan fingerprint density at radius 1 is 1.42 bits per heavy atom. The van der Waals surface area contributed by atoms with Gasteiger partial charge in [0, 0.05) is 6.92 Å². The fraction of sp³-hybridized carbons (Fsp3) is 0.800. The van der Waals surface area contributed by atoms with Crippen LogP contribution in [0.5, 0.6) is 0 Å². The van der Waals surface area contributed by atoms with Crippen molar-refractivity contribution in [2.24, 2.45) is 0 Å². The molecule has 0 atom stereocenters. The summed E-state index contributed by atoms with van der Waals surface area (Å²) < 4.78 is 53.0. The Kier molecular flexibility index (Phi) is 3.38. The molecule has 0 aliphatic carbocycles. The summed E-state index contributed by atoms with van der Waals surface area (Å²) >= 11 is 0. The van der Waals surface area contributed by atoms with E-state index in [1.54, 1.807) is 0 Å². The van der Waals surface area contributed by atoms with Gasteiger partial charge in [-0.2, -0.15) is 13.8 Å². The minimum atomic E-state index is -3.21. The van der Waals surface area contributed by atoms with Crippen LogP contribution in [0.1, 0.15) is 31.5 Å². The van der Waals surface area contributed by atoms with Crippen molar-refractivity contribution in [2.45, 2.75) is 37.7 Å². The summed E-state index contributed by atoms with van der Waals surface area (Å²) in [6.07, 6.45) is -0.0449. The van der Waals surface area contributed by atoms with Gasteiger partial charge < -0.3 is 9.63 Å². The highest BCUT2D eigenvalue weighted by atomic mass is 32.2. The van der Waals surface area contributed by atoms with Gasteiger partial charge in [0.25, 0.3) is 0 Å². The molecule has 1 fully saturated rings. The molecular weight excluding hydrogens is 282 g/mol. The molecule has 1 N–H and O–H groups in total. The number of nitrogens with zero attached hydrogens (tertiary/aromatic N) is 2. The summed E-state index contributed by atoms with van der Waals surface area (Å²) in [7, 11) is -3.11. The van der Waals surface area contributed by atoms with Crippen molar-refractivity contribution in [3.8, 4) is 0 Å². The standard InChI is InChI=1S/C10H14F2N2O4S/c1-9(11,12)8-13-7(18-14-8)6-10(15)2-4-19(16,17)5-3-10/h15H,2-6H2,1H3. The average molecular weight is 296 g/mol. The van der Waals surface area contributed by atoms with Crippen LogP contribution in [-0.2, 0) is 22.2 Å². The molecule has 0 radical (unpaired) electrons. The van der Waals surface area contributed by atoms with Crippen molar-refractivity contribution >= 4 is 9.84 Å². The van der Waals surface area contributed by atoms with Crippen LogP contribution in [-0.4, -0.2) is 40.8 Å². The summed E-state index contributed by atoms with van der Waals surface area (Å²) in [6, 6.07) is 0. The monoisotopic (exact) mass is 296 g/mol. The molecule has 19 heavy (non-hydrogen) atoms. The second-order valence-electron chi connectivity index (χ2n) is 4.95. The lowest BCUT2D eigenvalue weighted by Gasteiger charge is -2.30. The van der Waals surface area contributed by atoms with Gasteiger partial charge in [-0.05, 0) is 12.8 Å². The van der Waals surface area contributed by atoms with Crippen molar-refractivity contribution in [2.75, 3.05) is 11.5 Å². The van der Waals surface area contributed by atoms with Crippen molar-refractivity contribution < 1.29 is 26.8 Å². The predicted molar refractivity (Wildman–Crippen MR) is 60.4 cm³/mol. The lowest BCUT2D eigenvalue weighted by atomic mass is 9.93. The molecule has 1 aliphatic heterocycles. The fourth-order valence-corrected chi connectivity index (χ4v) is 3.47. The van der Waals surface area contributed by atoms with E-state index in [9.17, 15) is 22.3 Å². The summed E-state index contributed by atoms with van der Waals surface area (Å²) in [5.74, 6) is -4.32. The Morgan fingerprint density at radius 3 is 2.47 bits per heavy atom. The Balaban J connectivity index is 2.07.